The standard InChI is InChI=1S/C20H24N2O5S/c1-14-6-8-18(9-7-14)28(24,25)22-10-4-5-19(22)20(23)21-15-11-16(26-2)13-17(12-15)27-3/h6-9,11-13,19H,4-5,10H2,1-3H3,(H,21,23)/t19-/m0/s1. The molecule has 1 saturated heterocycles. The third-order valence-electron chi connectivity index (χ3n) is 4.75. The minimum atomic E-state index is -3.74. The van der Waals surface area contributed by atoms with Crippen molar-refractivity contribution < 1.29 is 22.7 Å². The smallest absolute Gasteiger partial charge is 0.243 e. The van der Waals surface area contributed by atoms with E-state index in [9.17, 15) is 13.2 Å². The maximum absolute atomic E-state index is 13.0. The first-order chi connectivity index (χ1) is 13.3. The summed E-state index contributed by atoms with van der Waals surface area (Å²) in [5.74, 6) is 0.693. The van der Waals surface area contributed by atoms with Gasteiger partial charge in [0.05, 0.1) is 19.1 Å². The second kappa shape index (κ2) is 8.20. The van der Waals surface area contributed by atoms with Crippen molar-refractivity contribution in [2.45, 2.75) is 30.7 Å². The van der Waals surface area contributed by atoms with E-state index in [1.165, 1.54) is 18.5 Å². The zero-order valence-corrected chi connectivity index (χ0v) is 17.0. The van der Waals surface area contributed by atoms with Crippen LogP contribution in [-0.4, -0.2) is 45.4 Å². The third kappa shape index (κ3) is 4.13. The van der Waals surface area contributed by atoms with Crippen molar-refractivity contribution in [3.8, 4) is 11.5 Å². The Morgan fingerprint density at radius 2 is 1.68 bits per heavy atom. The number of carbonyl (C=O) groups excluding carboxylic acids is 1. The highest BCUT2D eigenvalue weighted by Crippen LogP contribution is 2.29. The molecule has 28 heavy (non-hydrogen) atoms. The van der Waals surface area contributed by atoms with Crippen molar-refractivity contribution in [1.82, 2.24) is 4.31 Å². The van der Waals surface area contributed by atoms with E-state index >= 15 is 0 Å². The fraction of sp³-hybridized carbons (Fsp3) is 0.350. The minimum absolute atomic E-state index is 0.195. The van der Waals surface area contributed by atoms with Crippen molar-refractivity contribution >= 4 is 21.6 Å². The van der Waals surface area contributed by atoms with Crippen LogP contribution in [0, 0.1) is 6.92 Å². The molecule has 1 N–H and O–H groups in total. The lowest BCUT2D eigenvalue weighted by Gasteiger charge is -2.23. The van der Waals surface area contributed by atoms with Crippen LogP contribution in [0.4, 0.5) is 5.69 Å². The van der Waals surface area contributed by atoms with Crippen LogP contribution in [0.25, 0.3) is 0 Å². The van der Waals surface area contributed by atoms with Crippen LogP contribution in [0.15, 0.2) is 47.4 Å². The molecule has 8 heteroatoms. The first-order valence-electron chi connectivity index (χ1n) is 8.97. The molecule has 0 unspecified atom stereocenters. The van der Waals surface area contributed by atoms with E-state index < -0.39 is 16.1 Å². The predicted molar refractivity (Wildman–Crippen MR) is 106 cm³/mol. The predicted octanol–water partition coefficient (Wildman–Crippen LogP) is 2.80. The summed E-state index contributed by atoms with van der Waals surface area (Å²) in [7, 11) is -0.702. The van der Waals surface area contributed by atoms with Crippen LogP contribution >= 0.6 is 0 Å². The molecule has 1 fully saturated rings. The molecule has 0 saturated carbocycles. The van der Waals surface area contributed by atoms with Gasteiger partial charge in [0.1, 0.15) is 17.5 Å². The van der Waals surface area contributed by atoms with Gasteiger partial charge in [-0.25, -0.2) is 8.42 Å². The summed E-state index contributed by atoms with van der Waals surface area (Å²) in [5.41, 5.74) is 1.46. The van der Waals surface area contributed by atoms with Crippen LogP contribution in [0.1, 0.15) is 18.4 Å². The Hall–Kier alpha value is -2.58. The Bertz CT molecular complexity index is 935. The zero-order chi connectivity index (χ0) is 20.3. The molecular formula is C20H24N2O5S. The van der Waals surface area contributed by atoms with E-state index in [4.69, 9.17) is 9.47 Å². The molecule has 0 aliphatic carbocycles. The molecule has 0 spiro atoms. The number of nitrogens with one attached hydrogen (secondary N) is 1. The number of sulfonamides is 1. The molecule has 0 aromatic heterocycles. The fourth-order valence-electron chi connectivity index (χ4n) is 3.24. The fourth-order valence-corrected chi connectivity index (χ4v) is 4.90. The maximum atomic E-state index is 13.0. The van der Waals surface area contributed by atoms with Gasteiger partial charge in [0.15, 0.2) is 0 Å². The van der Waals surface area contributed by atoms with Gasteiger partial charge in [0.2, 0.25) is 15.9 Å². The molecule has 2 aromatic rings. The number of anilines is 1. The van der Waals surface area contributed by atoms with Crippen molar-refractivity contribution in [3.05, 3.63) is 48.0 Å². The Morgan fingerprint density at radius 3 is 2.25 bits per heavy atom. The summed E-state index contributed by atoms with van der Waals surface area (Å²) in [6.07, 6.45) is 1.10. The zero-order valence-electron chi connectivity index (χ0n) is 16.1. The Labute approximate surface area is 165 Å². The summed E-state index contributed by atoms with van der Waals surface area (Å²) >= 11 is 0. The van der Waals surface area contributed by atoms with E-state index in [2.05, 4.69) is 5.32 Å². The van der Waals surface area contributed by atoms with Crippen molar-refractivity contribution in [2.75, 3.05) is 26.1 Å². The van der Waals surface area contributed by atoms with Gasteiger partial charge in [-0.15, -0.1) is 0 Å². The maximum Gasteiger partial charge on any atom is 0.243 e. The number of hydrogen-bond donors (Lipinski definition) is 1. The number of amides is 1. The summed E-state index contributed by atoms with van der Waals surface area (Å²) in [4.78, 5) is 13.1. The first kappa shape index (κ1) is 20.2. The number of hydrogen-bond acceptors (Lipinski definition) is 5. The molecule has 1 aliphatic rings. The Morgan fingerprint density at radius 1 is 1.07 bits per heavy atom. The van der Waals surface area contributed by atoms with Crippen LogP contribution in [0.3, 0.4) is 0 Å². The van der Waals surface area contributed by atoms with Crippen LogP contribution in [-0.2, 0) is 14.8 Å². The van der Waals surface area contributed by atoms with E-state index in [1.807, 2.05) is 6.92 Å². The van der Waals surface area contributed by atoms with Crippen molar-refractivity contribution in [1.29, 1.82) is 0 Å². The van der Waals surface area contributed by atoms with E-state index in [0.717, 1.165) is 5.56 Å². The number of benzene rings is 2. The van der Waals surface area contributed by atoms with E-state index in [0.29, 0.717) is 36.6 Å². The van der Waals surface area contributed by atoms with Crippen molar-refractivity contribution in [2.24, 2.45) is 0 Å². The van der Waals surface area contributed by atoms with Gasteiger partial charge in [-0.05, 0) is 31.9 Å². The average molecular weight is 404 g/mol. The Kier molecular flexibility index (Phi) is 5.90. The second-order valence-corrected chi connectivity index (χ2v) is 8.57. The number of nitrogens with zero attached hydrogens (tertiary/aromatic N) is 1. The topological polar surface area (TPSA) is 84.9 Å². The molecule has 0 radical (unpaired) electrons. The van der Waals surface area contributed by atoms with Gasteiger partial charge >= 0.3 is 0 Å². The summed E-state index contributed by atoms with van der Waals surface area (Å²) in [5, 5.41) is 2.79. The Balaban J connectivity index is 1.82. The lowest BCUT2D eigenvalue weighted by Crippen LogP contribution is -2.43. The lowest BCUT2D eigenvalue weighted by molar-refractivity contribution is -0.119. The van der Waals surface area contributed by atoms with Gasteiger partial charge in [0.25, 0.3) is 0 Å². The number of aryl methyl sites for hydroxylation is 1. The molecule has 1 amide bonds. The van der Waals surface area contributed by atoms with Gasteiger partial charge in [-0.1, -0.05) is 17.7 Å². The molecular weight excluding hydrogens is 380 g/mol. The average Bonchev–Trinajstić information content (AvgIpc) is 3.19. The molecule has 1 aliphatic heterocycles. The second-order valence-electron chi connectivity index (χ2n) is 6.68. The highest BCUT2D eigenvalue weighted by atomic mass is 32.2. The molecule has 0 bridgehead atoms. The van der Waals surface area contributed by atoms with Gasteiger partial charge in [0, 0.05) is 30.4 Å². The van der Waals surface area contributed by atoms with Crippen LogP contribution in [0.5, 0.6) is 11.5 Å². The lowest BCUT2D eigenvalue weighted by atomic mass is 10.2. The third-order valence-corrected chi connectivity index (χ3v) is 6.68. The van der Waals surface area contributed by atoms with E-state index in [1.54, 1.807) is 42.5 Å². The number of rotatable bonds is 6. The molecule has 150 valence electrons. The monoisotopic (exact) mass is 404 g/mol. The summed E-state index contributed by atoms with van der Waals surface area (Å²) in [6.45, 7) is 2.21. The highest BCUT2D eigenvalue weighted by Gasteiger charge is 2.39. The van der Waals surface area contributed by atoms with Gasteiger partial charge in [-0.3, -0.25) is 4.79 Å². The SMILES string of the molecule is COc1cc(NC(=O)[C@@H]2CCCN2S(=O)(=O)c2ccc(C)cc2)cc(OC)c1. The van der Waals surface area contributed by atoms with Crippen LogP contribution in [0.2, 0.25) is 0 Å². The number of ether oxygens (including phenoxy) is 2. The largest absolute Gasteiger partial charge is 0.497 e. The van der Waals surface area contributed by atoms with E-state index in [-0.39, 0.29) is 10.8 Å². The summed E-state index contributed by atoms with van der Waals surface area (Å²) in [6, 6.07) is 10.9. The quantitative estimate of drug-likeness (QED) is 0.800. The highest BCUT2D eigenvalue weighted by molar-refractivity contribution is 7.89. The van der Waals surface area contributed by atoms with Crippen LogP contribution < -0.4 is 14.8 Å². The van der Waals surface area contributed by atoms with Gasteiger partial charge in [-0.2, -0.15) is 4.31 Å². The van der Waals surface area contributed by atoms with Gasteiger partial charge < -0.3 is 14.8 Å². The molecule has 2 aromatic carbocycles. The first-order valence-corrected chi connectivity index (χ1v) is 10.4. The molecule has 1 atom stereocenters. The van der Waals surface area contributed by atoms with Crippen molar-refractivity contribution in [3.63, 3.8) is 0 Å². The molecule has 1 heterocycles. The number of methoxy groups -OCH3 is 2. The molecule has 3 rings (SSSR count). The number of carbonyl (C=O) groups is 1. The molecule has 7 nitrogen and oxygen atoms in total. The normalized spacial score (nSPS) is 17.3. The summed E-state index contributed by atoms with van der Waals surface area (Å²) < 4.78 is 37.7. The minimum Gasteiger partial charge on any atom is -0.497 e.